The highest BCUT2D eigenvalue weighted by atomic mass is 16.5. The van der Waals surface area contributed by atoms with Crippen molar-refractivity contribution >= 4 is 11.9 Å². The number of hydrogen-bond donors (Lipinski definition) is 1. The molecule has 2 N–H and O–H groups in total. The van der Waals surface area contributed by atoms with E-state index in [1.165, 1.54) is 4.90 Å². The van der Waals surface area contributed by atoms with Crippen LogP contribution in [0.3, 0.4) is 0 Å². The molecule has 0 aromatic rings. The van der Waals surface area contributed by atoms with Crippen molar-refractivity contribution in [1.29, 1.82) is 0 Å². The molecule has 0 aromatic carbocycles. The molecule has 100 valence electrons. The number of esters is 1. The summed E-state index contributed by atoms with van der Waals surface area (Å²) in [5, 5.41) is 0. The summed E-state index contributed by atoms with van der Waals surface area (Å²) in [6, 6.07) is 0. The summed E-state index contributed by atoms with van der Waals surface area (Å²) in [5.41, 5.74) is 5.47. The zero-order valence-corrected chi connectivity index (χ0v) is 11.2. The minimum Gasteiger partial charge on any atom is -0.465 e. The first kappa shape index (κ1) is 15.9. The van der Waals surface area contributed by atoms with Crippen LogP contribution in [-0.2, 0) is 14.3 Å². The van der Waals surface area contributed by atoms with E-state index in [-0.39, 0.29) is 30.9 Å². The lowest BCUT2D eigenvalue weighted by atomic mass is 10.1. The minimum absolute atomic E-state index is 0.00912. The third kappa shape index (κ3) is 6.26. The standard InChI is InChI=1S/C12H24N2O3/c1-5-17-11(15)8-14(7-9(2)3)12(16)10(4)6-13/h9-10H,5-8,13H2,1-4H3. The van der Waals surface area contributed by atoms with Gasteiger partial charge >= 0.3 is 5.97 Å². The molecule has 0 saturated carbocycles. The molecule has 1 amide bonds. The zero-order valence-electron chi connectivity index (χ0n) is 11.2. The van der Waals surface area contributed by atoms with Crippen LogP contribution < -0.4 is 5.73 Å². The van der Waals surface area contributed by atoms with Gasteiger partial charge in [-0.25, -0.2) is 0 Å². The Hall–Kier alpha value is -1.10. The van der Waals surface area contributed by atoms with Gasteiger partial charge in [0, 0.05) is 19.0 Å². The number of carbonyl (C=O) groups is 2. The molecule has 0 aliphatic heterocycles. The molecule has 5 heteroatoms. The van der Waals surface area contributed by atoms with Gasteiger partial charge in [0.15, 0.2) is 0 Å². The number of rotatable bonds is 7. The number of ether oxygens (including phenoxy) is 1. The Morgan fingerprint density at radius 2 is 1.88 bits per heavy atom. The molecule has 0 aliphatic rings. The Morgan fingerprint density at radius 1 is 1.29 bits per heavy atom. The molecule has 0 aromatic heterocycles. The Kier molecular flexibility index (Phi) is 7.54. The molecule has 0 rings (SSSR count). The first-order valence-electron chi connectivity index (χ1n) is 6.06. The Morgan fingerprint density at radius 3 is 2.29 bits per heavy atom. The molecule has 0 fully saturated rings. The van der Waals surface area contributed by atoms with E-state index in [1.807, 2.05) is 13.8 Å². The van der Waals surface area contributed by atoms with E-state index in [1.54, 1.807) is 13.8 Å². The monoisotopic (exact) mass is 244 g/mol. The number of amides is 1. The topological polar surface area (TPSA) is 72.6 Å². The van der Waals surface area contributed by atoms with Crippen molar-refractivity contribution < 1.29 is 14.3 Å². The summed E-state index contributed by atoms with van der Waals surface area (Å²) in [4.78, 5) is 24.9. The van der Waals surface area contributed by atoms with Crippen LogP contribution >= 0.6 is 0 Å². The van der Waals surface area contributed by atoms with Crippen LogP contribution in [0.25, 0.3) is 0 Å². The first-order valence-corrected chi connectivity index (χ1v) is 6.06. The van der Waals surface area contributed by atoms with Gasteiger partial charge in [0.05, 0.1) is 6.61 Å². The molecule has 1 unspecified atom stereocenters. The van der Waals surface area contributed by atoms with E-state index in [9.17, 15) is 9.59 Å². The largest absolute Gasteiger partial charge is 0.465 e. The lowest BCUT2D eigenvalue weighted by Crippen LogP contribution is -2.43. The zero-order chi connectivity index (χ0) is 13.4. The summed E-state index contributed by atoms with van der Waals surface area (Å²) < 4.78 is 4.85. The minimum atomic E-state index is -0.370. The van der Waals surface area contributed by atoms with Crippen LogP contribution in [0.2, 0.25) is 0 Å². The average molecular weight is 244 g/mol. The molecule has 0 heterocycles. The predicted molar refractivity (Wildman–Crippen MR) is 66.3 cm³/mol. The van der Waals surface area contributed by atoms with Crippen LogP contribution in [0.5, 0.6) is 0 Å². The highest BCUT2D eigenvalue weighted by molar-refractivity contribution is 5.83. The highest BCUT2D eigenvalue weighted by Gasteiger charge is 2.22. The van der Waals surface area contributed by atoms with Crippen LogP contribution in [0.1, 0.15) is 27.7 Å². The van der Waals surface area contributed by atoms with Crippen molar-refractivity contribution in [1.82, 2.24) is 4.90 Å². The van der Waals surface area contributed by atoms with Gasteiger partial charge in [-0.15, -0.1) is 0 Å². The molecular weight excluding hydrogens is 220 g/mol. The van der Waals surface area contributed by atoms with Gasteiger partial charge in [0.1, 0.15) is 6.54 Å². The molecule has 0 aliphatic carbocycles. The average Bonchev–Trinajstić information content (AvgIpc) is 2.25. The van der Waals surface area contributed by atoms with Crippen LogP contribution in [0, 0.1) is 11.8 Å². The summed E-state index contributed by atoms with van der Waals surface area (Å²) in [6.45, 7) is 8.68. The maximum atomic E-state index is 12.0. The molecular formula is C12H24N2O3. The van der Waals surface area contributed by atoms with Gasteiger partial charge in [-0.2, -0.15) is 0 Å². The van der Waals surface area contributed by atoms with Crippen LogP contribution in [0.4, 0.5) is 0 Å². The van der Waals surface area contributed by atoms with Crippen molar-refractivity contribution in [3.05, 3.63) is 0 Å². The fourth-order valence-electron chi connectivity index (χ4n) is 1.45. The predicted octanol–water partition coefficient (Wildman–Crippen LogP) is 0.629. The molecule has 0 saturated heterocycles. The summed E-state index contributed by atoms with van der Waals surface area (Å²) in [6.07, 6.45) is 0. The Bertz CT molecular complexity index is 254. The lowest BCUT2D eigenvalue weighted by molar-refractivity contribution is -0.150. The number of nitrogens with two attached hydrogens (primary N) is 1. The van der Waals surface area contributed by atoms with Gasteiger partial charge in [-0.3, -0.25) is 9.59 Å². The Labute approximate surface area is 103 Å². The summed E-state index contributed by atoms with van der Waals surface area (Å²) >= 11 is 0. The van der Waals surface area contributed by atoms with E-state index in [0.29, 0.717) is 19.1 Å². The van der Waals surface area contributed by atoms with Gasteiger partial charge in [0.25, 0.3) is 0 Å². The second-order valence-electron chi connectivity index (χ2n) is 4.55. The van der Waals surface area contributed by atoms with E-state index in [0.717, 1.165) is 0 Å². The van der Waals surface area contributed by atoms with Gasteiger partial charge in [0.2, 0.25) is 5.91 Å². The molecule has 0 radical (unpaired) electrons. The van der Waals surface area contributed by atoms with Gasteiger partial charge in [-0.1, -0.05) is 20.8 Å². The third-order valence-electron chi connectivity index (χ3n) is 2.30. The molecule has 17 heavy (non-hydrogen) atoms. The SMILES string of the molecule is CCOC(=O)CN(CC(C)C)C(=O)C(C)CN. The van der Waals surface area contributed by atoms with Crippen molar-refractivity contribution in [2.45, 2.75) is 27.7 Å². The van der Waals surface area contributed by atoms with E-state index >= 15 is 0 Å². The van der Waals surface area contributed by atoms with Gasteiger partial charge in [-0.05, 0) is 12.8 Å². The summed E-state index contributed by atoms with van der Waals surface area (Å²) in [7, 11) is 0. The second kappa shape index (κ2) is 8.06. The highest BCUT2D eigenvalue weighted by Crippen LogP contribution is 2.05. The van der Waals surface area contributed by atoms with Gasteiger partial charge < -0.3 is 15.4 Å². The van der Waals surface area contributed by atoms with E-state index in [4.69, 9.17) is 10.5 Å². The maximum Gasteiger partial charge on any atom is 0.325 e. The maximum absolute atomic E-state index is 12.0. The first-order chi connectivity index (χ1) is 7.92. The van der Waals surface area contributed by atoms with E-state index < -0.39 is 0 Å². The normalized spacial score (nSPS) is 12.4. The number of hydrogen-bond acceptors (Lipinski definition) is 4. The van der Waals surface area contributed by atoms with Crippen molar-refractivity contribution in [3.63, 3.8) is 0 Å². The van der Waals surface area contributed by atoms with Crippen molar-refractivity contribution in [2.24, 2.45) is 17.6 Å². The van der Waals surface area contributed by atoms with Crippen LogP contribution in [0.15, 0.2) is 0 Å². The van der Waals surface area contributed by atoms with E-state index in [2.05, 4.69) is 0 Å². The lowest BCUT2D eigenvalue weighted by Gasteiger charge is -2.26. The molecule has 0 spiro atoms. The Balaban J connectivity index is 4.52. The van der Waals surface area contributed by atoms with Crippen LogP contribution in [-0.4, -0.2) is 43.0 Å². The molecule has 1 atom stereocenters. The molecule has 5 nitrogen and oxygen atoms in total. The summed E-state index contributed by atoms with van der Waals surface area (Å²) in [5.74, 6) is -0.415. The van der Waals surface area contributed by atoms with Crippen molar-refractivity contribution in [3.8, 4) is 0 Å². The van der Waals surface area contributed by atoms with Crippen molar-refractivity contribution in [2.75, 3.05) is 26.2 Å². The second-order valence-corrected chi connectivity index (χ2v) is 4.55. The fourth-order valence-corrected chi connectivity index (χ4v) is 1.45. The smallest absolute Gasteiger partial charge is 0.325 e. The molecule has 0 bridgehead atoms. The third-order valence-corrected chi connectivity index (χ3v) is 2.30. The fraction of sp³-hybridized carbons (Fsp3) is 0.833. The number of carbonyl (C=O) groups excluding carboxylic acids is 2. The number of nitrogens with zero attached hydrogens (tertiary/aromatic N) is 1. The quantitative estimate of drug-likeness (QED) is 0.667.